The van der Waals surface area contributed by atoms with Gasteiger partial charge in [-0.05, 0) is 12.5 Å². The van der Waals surface area contributed by atoms with Crippen LogP contribution in [0.5, 0.6) is 0 Å². The number of unbranched alkanes of at least 4 members (excludes halogenated alkanes) is 1. The van der Waals surface area contributed by atoms with Gasteiger partial charge < -0.3 is 4.90 Å². The molecular weight excluding hydrogens is 177 g/mol. The summed E-state index contributed by atoms with van der Waals surface area (Å²) in [5.74, 6) is -0.0802. The van der Waals surface area contributed by atoms with Gasteiger partial charge in [0.15, 0.2) is 0 Å². The summed E-state index contributed by atoms with van der Waals surface area (Å²) in [7, 11) is 2.11. The molecule has 0 aliphatic heterocycles. The number of benzene rings is 1. The monoisotopic (exact) mass is 196 g/mol. The fourth-order valence-corrected chi connectivity index (χ4v) is 1.53. The fraction of sp³-hybridized carbons (Fsp3) is 0.500. The van der Waals surface area contributed by atoms with Gasteiger partial charge in [0, 0.05) is 5.56 Å². The number of quaternary nitrogens is 1. The Labute approximate surface area is 85.5 Å². The number of nitrogens with one attached hydrogen (secondary N) is 1. The molecule has 0 aromatic heterocycles. The van der Waals surface area contributed by atoms with Crippen LogP contribution in [-0.4, -0.2) is 13.6 Å². The second-order valence-electron chi connectivity index (χ2n) is 3.83. The van der Waals surface area contributed by atoms with Crippen LogP contribution in [0.25, 0.3) is 0 Å². The SMILES string of the molecule is CCCC[NH+](C)Cc1ccccc1F. The molecule has 0 spiro atoms. The van der Waals surface area contributed by atoms with Crippen molar-refractivity contribution in [1.82, 2.24) is 0 Å². The number of halogens is 1. The van der Waals surface area contributed by atoms with Crippen molar-refractivity contribution in [2.75, 3.05) is 13.6 Å². The van der Waals surface area contributed by atoms with E-state index in [1.165, 1.54) is 23.8 Å². The van der Waals surface area contributed by atoms with Crippen LogP contribution in [0.15, 0.2) is 24.3 Å². The Morgan fingerprint density at radius 2 is 2.00 bits per heavy atom. The third-order valence-electron chi connectivity index (χ3n) is 2.41. The Balaban J connectivity index is 2.47. The first-order chi connectivity index (χ1) is 6.74. The first-order valence-corrected chi connectivity index (χ1v) is 5.28. The molecule has 0 amide bonds. The van der Waals surface area contributed by atoms with Crippen LogP contribution in [-0.2, 0) is 6.54 Å². The molecule has 0 aliphatic carbocycles. The molecule has 1 N–H and O–H groups in total. The standard InChI is InChI=1S/C12H18FN/c1-3-4-9-14(2)10-11-7-5-6-8-12(11)13/h5-8H,3-4,9-10H2,1-2H3/p+1. The molecule has 0 saturated carbocycles. The van der Waals surface area contributed by atoms with Crippen LogP contribution >= 0.6 is 0 Å². The third-order valence-corrected chi connectivity index (χ3v) is 2.41. The Morgan fingerprint density at radius 1 is 1.29 bits per heavy atom. The topological polar surface area (TPSA) is 4.44 Å². The van der Waals surface area contributed by atoms with E-state index in [2.05, 4.69) is 14.0 Å². The molecule has 78 valence electrons. The average molecular weight is 196 g/mol. The Bertz CT molecular complexity index is 273. The maximum atomic E-state index is 13.3. The van der Waals surface area contributed by atoms with Crippen LogP contribution in [0.3, 0.4) is 0 Å². The lowest BCUT2D eigenvalue weighted by atomic mass is 10.2. The van der Waals surface area contributed by atoms with Crippen molar-refractivity contribution < 1.29 is 9.29 Å². The van der Waals surface area contributed by atoms with Gasteiger partial charge >= 0.3 is 0 Å². The third kappa shape index (κ3) is 3.46. The van der Waals surface area contributed by atoms with Gasteiger partial charge in [-0.3, -0.25) is 0 Å². The van der Waals surface area contributed by atoms with Gasteiger partial charge in [0.1, 0.15) is 12.4 Å². The summed E-state index contributed by atoms with van der Waals surface area (Å²) in [6.07, 6.45) is 2.41. The van der Waals surface area contributed by atoms with Crippen molar-refractivity contribution in [3.05, 3.63) is 35.6 Å². The number of hydrogen-bond acceptors (Lipinski definition) is 0. The first-order valence-electron chi connectivity index (χ1n) is 5.28. The van der Waals surface area contributed by atoms with Crippen molar-refractivity contribution in [3.63, 3.8) is 0 Å². The summed E-state index contributed by atoms with van der Waals surface area (Å²) in [5, 5.41) is 0. The van der Waals surface area contributed by atoms with E-state index in [1.54, 1.807) is 6.07 Å². The first kappa shape index (κ1) is 11.2. The van der Waals surface area contributed by atoms with Crippen molar-refractivity contribution in [1.29, 1.82) is 0 Å². The average Bonchev–Trinajstić information content (AvgIpc) is 2.18. The quantitative estimate of drug-likeness (QED) is 0.730. The molecule has 1 nitrogen and oxygen atoms in total. The summed E-state index contributed by atoms with van der Waals surface area (Å²) < 4.78 is 13.3. The predicted octanol–water partition coefficient (Wildman–Crippen LogP) is 1.64. The molecule has 14 heavy (non-hydrogen) atoms. The molecule has 0 aliphatic rings. The predicted molar refractivity (Wildman–Crippen MR) is 56.8 cm³/mol. The summed E-state index contributed by atoms with van der Waals surface area (Å²) in [4.78, 5) is 1.37. The van der Waals surface area contributed by atoms with Crippen molar-refractivity contribution in [3.8, 4) is 0 Å². The number of rotatable bonds is 5. The van der Waals surface area contributed by atoms with Gasteiger partial charge in [-0.25, -0.2) is 4.39 Å². The van der Waals surface area contributed by atoms with Crippen molar-refractivity contribution >= 4 is 0 Å². The van der Waals surface area contributed by atoms with E-state index in [1.807, 2.05) is 12.1 Å². The highest BCUT2D eigenvalue weighted by Gasteiger charge is 2.06. The van der Waals surface area contributed by atoms with Gasteiger partial charge in [0.05, 0.1) is 13.6 Å². The zero-order valence-electron chi connectivity index (χ0n) is 9.02. The maximum Gasteiger partial charge on any atom is 0.132 e. The second-order valence-corrected chi connectivity index (χ2v) is 3.83. The summed E-state index contributed by atoms with van der Waals surface area (Å²) in [6.45, 7) is 4.08. The van der Waals surface area contributed by atoms with Crippen LogP contribution in [0.2, 0.25) is 0 Å². The molecule has 0 radical (unpaired) electrons. The summed E-state index contributed by atoms with van der Waals surface area (Å²) in [6, 6.07) is 7.03. The molecule has 1 rings (SSSR count). The molecule has 0 heterocycles. The molecule has 0 bridgehead atoms. The molecule has 2 heteroatoms. The van der Waals surface area contributed by atoms with Crippen LogP contribution in [0.1, 0.15) is 25.3 Å². The van der Waals surface area contributed by atoms with Gasteiger partial charge in [-0.2, -0.15) is 0 Å². The lowest BCUT2D eigenvalue weighted by Gasteiger charge is -2.13. The van der Waals surface area contributed by atoms with Crippen LogP contribution in [0, 0.1) is 5.82 Å². The highest BCUT2D eigenvalue weighted by atomic mass is 19.1. The zero-order chi connectivity index (χ0) is 10.4. The van der Waals surface area contributed by atoms with Gasteiger partial charge in [0.25, 0.3) is 0 Å². The van der Waals surface area contributed by atoms with Crippen molar-refractivity contribution in [2.45, 2.75) is 26.3 Å². The largest absolute Gasteiger partial charge is 0.334 e. The molecular formula is C12H19FN+. The zero-order valence-corrected chi connectivity index (χ0v) is 9.02. The smallest absolute Gasteiger partial charge is 0.132 e. The summed E-state index contributed by atoms with van der Waals surface area (Å²) >= 11 is 0. The minimum absolute atomic E-state index is 0.0802. The van der Waals surface area contributed by atoms with E-state index in [4.69, 9.17) is 0 Å². The van der Waals surface area contributed by atoms with Crippen LogP contribution < -0.4 is 4.90 Å². The molecule has 1 unspecified atom stereocenters. The molecule has 1 atom stereocenters. The van der Waals surface area contributed by atoms with Crippen molar-refractivity contribution in [2.24, 2.45) is 0 Å². The minimum Gasteiger partial charge on any atom is -0.334 e. The fourth-order valence-electron chi connectivity index (χ4n) is 1.53. The molecule has 0 fully saturated rings. The lowest BCUT2D eigenvalue weighted by molar-refractivity contribution is -0.894. The second kappa shape index (κ2) is 5.76. The van der Waals surface area contributed by atoms with Gasteiger partial charge in [0.2, 0.25) is 0 Å². The van der Waals surface area contributed by atoms with Gasteiger partial charge in [-0.15, -0.1) is 0 Å². The Morgan fingerprint density at radius 3 is 2.64 bits per heavy atom. The normalized spacial score (nSPS) is 12.8. The van der Waals surface area contributed by atoms with E-state index in [-0.39, 0.29) is 5.82 Å². The Hall–Kier alpha value is -0.890. The molecule has 1 aromatic carbocycles. The highest BCUT2D eigenvalue weighted by Crippen LogP contribution is 2.03. The number of hydrogen-bond donors (Lipinski definition) is 1. The minimum atomic E-state index is -0.0802. The van der Waals surface area contributed by atoms with E-state index >= 15 is 0 Å². The molecule has 1 aromatic rings. The van der Waals surface area contributed by atoms with Crippen LogP contribution in [0.4, 0.5) is 4.39 Å². The Kier molecular flexibility index (Phi) is 4.60. The molecule has 0 saturated heterocycles. The summed E-state index contributed by atoms with van der Waals surface area (Å²) in [5.41, 5.74) is 0.820. The van der Waals surface area contributed by atoms with Gasteiger partial charge in [-0.1, -0.05) is 31.5 Å². The van der Waals surface area contributed by atoms with E-state index < -0.39 is 0 Å². The van der Waals surface area contributed by atoms with E-state index in [0.717, 1.165) is 18.7 Å². The highest BCUT2D eigenvalue weighted by molar-refractivity contribution is 5.15. The van der Waals surface area contributed by atoms with E-state index in [0.29, 0.717) is 0 Å². The van der Waals surface area contributed by atoms with E-state index in [9.17, 15) is 4.39 Å². The lowest BCUT2D eigenvalue weighted by Crippen LogP contribution is -3.07. The maximum absolute atomic E-state index is 13.3.